The van der Waals surface area contributed by atoms with Crippen LogP contribution in [0.1, 0.15) is 0 Å². The van der Waals surface area contributed by atoms with Crippen molar-refractivity contribution < 1.29 is 0 Å². The molecule has 0 fully saturated rings. The highest BCUT2D eigenvalue weighted by atomic mass is 15.0. The van der Waals surface area contributed by atoms with Crippen LogP contribution in [-0.2, 0) is 0 Å². The fourth-order valence-corrected chi connectivity index (χ4v) is 7.22. The van der Waals surface area contributed by atoms with E-state index in [0.717, 1.165) is 55.7 Å². The summed E-state index contributed by atoms with van der Waals surface area (Å²) in [7, 11) is 0. The van der Waals surface area contributed by atoms with Crippen molar-refractivity contribution in [1.82, 2.24) is 9.13 Å². The summed E-state index contributed by atoms with van der Waals surface area (Å²) in [6, 6.07) is 54.7. The number of rotatable bonds is 4. The van der Waals surface area contributed by atoms with Crippen LogP contribution >= 0.6 is 0 Å². The Morgan fingerprint density at radius 1 is 0.375 bits per heavy atom. The molecule has 0 aliphatic heterocycles. The van der Waals surface area contributed by atoms with Gasteiger partial charge in [-0.25, -0.2) is 9.69 Å². The van der Waals surface area contributed by atoms with E-state index in [9.17, 15) is 0 Å². The Balaban J connectivity index is 1.48. The Bertz CT molecular complexity index is 2600. The third-order valence-corrected chi connectivity index (χ3v) is 9.35. The molecule has 2 heterocycles. The molecule has 0 radical (unpaired) electrons. The summed E-state index contributed by atoms with van der Waals surface area (Å²) in [4.78, 5) is 7.37. The molecule has 4 nitrogen and oxygen atoms in total. The normalized spacial score (nSPS) is 11.3. The Hall–Kier alpha value is -6.88. The second kappa shape index (κ2) is 10.9. The topological polar surface area (TPSA) is 18.6 Å². The molecule has 0 N–H and O–H groups in total. The largest absolute Gasteiger partial charge is 0.309 e. The van der Waals surface area contributed by atoms with Crippen LogP contribution in [-0.4, -0.2) is 9.13 Å². The molecule has 0 amide bonds. The minimum absolute atomic E-state index is 0.602. The van der Waals surface area contributed by atoms with E-state index in [0.29, 0.717) is 11.4 Å². The summed E-state index contributed by atoms with van der Waals surface area (Å²) in [5.41, 5.74) is 11.9. The van der Waals surface area contributed by atoms with Gasteiger partial charge in [0, 0.05) is 38.4 Å². The molecule has 222 valence electrons. The highest BCUT2D eigenvalue weighted by molar-refractivity contribution is 6.12. The fraction of sp³-hybridized carbons (Fsp3) is 0. The van der Waals surface area contributed by atoms with Gasteiger partial charge in [-0.05, 0) is 47.5 Å². The van der Waals surface area contributed by atoms with Gasteiger partial charge in [0.1, 0.15) is 0 Å². The molecule has 0 aliphatic rings. The maximum atomic E-state index is 7.61. The van der Waals surface area contributed by atoms with Gasteiger partial charge in [-0.15, -0.1) is 0 Å². The number of para-hydroxylation sites is 4. The third kappa shape index (κ3) is 4.14. The quantitative estimate of drug-likeness (QED) is 0.177. The first kappa shape index (κ1) is 27.4. The van der Waals surface area contributed by atoms with Crippen LogP contribution in [0.3, 0.4) is 0 Å². The van der Waals surface area contributed by atoms with Gasteiger partial charge in [-0.3, -0.25) is 0 Å². The van der Waals surface area contributed by atoms with E-state index in [2.05, 4.69) is 152 Å². The van der Waals surface area contributed by atoms with Crippen molar-refractivity contribution in [3.8, 4) is 33.6 Å². The van der Waals surface area contributed by atoms with Gasteiger partial charge >= 0.3 is 0 Å². The van der Waals surface area contributed by atoms with Crippen molar-refractivity contribution in [1.29, 1.82) is 0 Å². The Kier molecular flexibility index (Phi) is 6.22. The van der Waals surface area contributed by atoms with Gasteiger partial charge < -0.3 is 9.13 Å². The van der Waals surface area contributed by atoms with Crippen LogP contribution in [0.4, 0.5) is 11.4 Å². The number of fused-ring (bicyclic) bond motifs is 6. The molecule has 9 rings (SSSR count). The highest BCUT2D eigenvalue weighted by Gasteiger charge is 2.22. The monoisotopic (exact) mass is 610 g/mol. The minimum Gasteiger partial charge on any atom is -0.309 e. The molecule has 0 saturated carbocycles. The number of aromatic nitrogens is 2. The lowest BCUT2D eigenvalue weighted by Gasteiger charge is -2.22. The molecule has 0 bridgehead atoms. The van der Waals surface area contributed by atoms with Gasteiger partial charge in [0.15, 0.2) is 11.4 Å². The van der Waals surface area contributed by atoms with E-state index in [1.165, 1.54) is 21.5 Å². The number of hydrogen-bond donors (Lipinski definition) is 0. The standard InChI is InChI=1S/C44H26N4/c1-45-31-23-19-29(20-24-31)38-27-33(47-40-15-7-3-11-34(40)35-12-4-8-16-41(35)47)28-39(30-21-25-32(46-2)26-22-30)44(38)48-42-17-9-5-13-36(42)37-14-6-10-18-43(37)48/h3-28H. The summed E-state index contributed by atoms with van der Waals surface area (Å²) >= 11 is 0. The van der Waals surface area contributed by atoms with Crippen molar-refractivity contribution >= 4 is 55.0 Å². The third-order valence-electron chi connectivity index (χ3n) is 9.35. The molecular weight excluding hydrogens is 585 g/mol. The summed E-state index contributed by atoms with van der Waals surface area (Å²) in [5.74, 6) is 0. The SMILES string of the molecule is [C-]#[N+]c1ccc(-c2cc(-n3c4ccccc4c4ccccc43)cc(-c3ccc([N+]#[C-])cc3)c2-n2c3ccccc3c3ccccc32)cc1. The maximum Gasteiger partial charge on any atom is 0.187 e. The first-order valence-corrected chi connectivity index (χ1v) is 15.8. The molecule has 7 aromatic carbocycles. The molecule has 2 aromatic heterocycles. The second-order valence-electron chi connectivity index (χ2n) is 11.9. The Morgan fingerprint density at radius 3 is 1.06 bits per heavy atom. The molecule has 0 aliphatic carbocycles. The van der Waals surface area contributed by atoms with Crippen molar-refractivity contribution in [2.24, 2.45) is 0 Å². The molecule has 0 unspecified atom stereocenters. The zero-order valence-electron chi connectivity index (χ0n) is 25.8. The van der Waals surface area contributed by atoms with Gasteiger partial charge in [-0.1, -0.05) is 121 Å². The summed E-state index contributed by atoms with van der Waals surface area (Å²) in [6.45, 7) is 15.2. The molecule has 9 aromatic rings. The van der Waals surface area contributed by atoms with E-state index in [4.69, 9.17) is 13.1 Å². The van der Waals surface area contributed by atoms with Gasteiger partial charge in [0.25, 0.3) is 0 Å². The number of benzene rings is 7. The molecule has 4 heteroatoms. The van der Waals surface area contributed by atoms with Crippen molar-refractivity contribution in [3.05, 3.63) is 181 Å². The van der Waals surface area contributed by atoms with Crippen molar-refractivity contribution in [2.45, 2.75) is 0 Å². The predicted molar refractivity (Wildman–Crippen MR) is 199 cm³/mol. The van der Waals surface area contributed by atoms with Gasteiger partial charge in [0.2, 0.25) is 0 Å². The number of nitrogens with zero attached hydrogens (tertiary/aromatic N) is 4. The average molecular weight is 611 g/mol. The average Bonchev–Trinajstić information content (AvgIpc) is 3.67. The van der Waals surface area contributed by atoms with E-state index in [1.807, 2.05) is 24.3 Å². The van der Waals surface area contributed by atoms with E-state index < -0.39 is 0 Å². The van der Waals surface area contributed by atoms with E-state index >= 15 is 0 Å². The second-order valence-corrected chi connectivity index (χ2v) is 11.9. The van der Waals surface area contributed by atoms with E-state index in [-0.39, 0.29) is 0 Å². The first-order valence-electron chi connectivity index (χ1n) is 15.8. The first-order chi connectivity index (χ1) is 23.7. The number of hydrogen-bond acceptors (Lipinski definition) is 0. The van der Waals surface area contributed by atoms with E-state index in [1.54, 1.807) is 0 Å². The van der Waals surface area contributed by atoms with Crippen molar-refractivity contribution in [2.75, 3.05) is 0 Å². The van der Waals surface area contributed by atoms with Crippen LogP contribution in [0.2, 0.25) is 0 Å². The van der Waals surface area contributed by atoms with Crippen LogP contribution in [0, 0.1) is 13.1 Å². The Labute approximate surface area is 277 Å². The zero-order valence-corrected chi connectivity index (χ0v) is 25.8. The Morgan fingerprint density at radius 2 is 0.708 bits per heavy atom. The fourth-order valence-electron chi connectivity index (χ4n) is 7.22. The summed E-state index contributed by atoms with van der Waals surface area (Å²) < 4.78 is 4.74. The minimum atomic E-state index is 0.602. The van der Waals surface area contributed by atoms with Gasteiger partial charge in [0.05, 0.1) is 40.9 Å². The maximum absolute atomic E-state index is 7.61. The lowest BCUT2D eigenvalue weighted by Crippen LogP contribution is -2.04. The van der Waals surface area contributed by atoms with Crippen molar-refractivity contribution in [3.63, 3.8) is 0 Å². The molecule has 0 saturated heterocycles. The molecule has 0 spiro atoms. The lowest BCUT2D eigenvalue weighted by atomic mass is 9.94. The lowest BCUT2D eigenvalue weighted by molar-refractivity contribution is 1.15. The van der Waals surface area contributed by atoms with Gasteiger partial charge in [-0.2, -0.15) is 0 Å². The summed E-state index contributed by atoms with van der Waals surface area (Å²) in [5, 5.41) is 4.77. The molecular formula is C44H26N4. The smallest absolute Gasteiger partial charge is 0.187 e. The summed E-state index contributed by atoms with van der Waals surface area (Å²) in [6.07, 6.45) is 0. The van der Waals surface area contributed by atoms with Crippen LogP contribution in [0.5, 0.6) is 0 Å². The molecule has 48 heavy (non-hydrogen) atoms. The zero-order chi connectivity index (χ0) is 32.2. The molecule has 0 atom stereocenters. The van der Waals surface area contributed by atoms with Crippen LogP contribution < -0.4 is 0 Å². The van der Waals surface area contributed by atoms with Crippen LogP contribution in [0.15, 0.2) is 158 Å². The predicted octanol–water partition coefficient (Wildman–Crippen LogP) is 12.3. The highest BCUT2D eigenvalue weighted by Crippen LogP contribution is 2.44. The van der Waals surface area contributed by atoms with Crippen LogP contribution in [0.25, 0.3) is 86.9 Å².